The summed E-state index contributed by atoms with van der Waals surface area (Å²) in [6.07, 6.45) is 0. The molecular weight excluding hydrogens is 408 g/mol. The van der Waals surface area contributed by atoms with E-state index in [1.807, 2.05) is 54.6 Å². The Balaban J connectivity index is 1.70. The summed E-state index contributed by atoms with van der Waals surface area (Å²) in [5, 5.41) is 6.88. The Morgan fingerprint density at radius 2 is 1.44 bits per heavy atom. The van der Waals surface area contributed by atoms with E-state index in [1.165, 1.54) is 21.3 Å². The van der Waals surface area contributed by atoms with Crippen molar-refractivity contribution in [3.63, 3.8) is 0 Å². The summed E-state index contributed by atoms with van der Waals surface area (Å²) in [4.78, 5) is 22.0. The number of fused-ring (bicyclic) bond motifs is 1. The van der Waals surface area contributed by atoms with E-state index in [0.29, 0.717) is 34.3 Å². The highest BCUT2D eigenvalue weighted by atomic mass is 16.5. The molecule has 4 aromatic rings. The lowest BCUT2D eigenvalue weighted by atomic mass is 10.2. The van der Waals surface area contributed by atoms with Crippen LogP contribution in [0.1, 0.15) is 10.6 Å². The molecule has 1 amide bonds. The van der Waals surface area contributed by atoms with E-state index in [-0.39, 0.29) is 5.82 Å². The molecule has 0 aliphatic rings. The first-order valence-electron chi connectivity index (χ1n) is 9.83. The van der Waals surface area contributed by atoms with Crippen molar-refractivity contribution in [2.75, 3.05) is 32.0 Å². The Kier molecular flexibility index (Phi) is 6.03. The number of anilines is 3. The number of carbonyl (C=O) groups excluding carboxylic acids is 1. The number of amides is 1. The number of methoxy groups -OCH3 is 3. The zero-order valence-electron chi connectivity index (χ0n) is 17.9. The summed E-state index contributed by atoms with van der Waals surface area (Å²) in [5.74, 6) is 1.37. The number of hydrogen-bond donors (Lipinski definition) is 2. The van der Waals surface area contributed by atoms with Crippen LogP contribution in [0, 0.1) is 0 Å². The summed E-state index contributed by atoms with van der Waals surface area (Å²) in [6, 6.07) is 20.4. The van der Waals surface area contributed by atoms with Crippen LogP contribution in [-0.2, 0) is 0 Å². The standard InChI is InChI=1S/C24H22N4O4/c1-30-19-13-16(14-20(31-2)21(19)32-3)26-24(29)23-27-18-12-8-7-11-17(18)22(28-23)25-15-9-5-4-6-10-15/h4-14H,1-3H3,(H,26,29)(H,25,27,28). The van der Waals surface area contributed by atoms with Crippen molar-refractivity contribution in [3.8, 4) is 17.2 Å². The topological polar surface area (TPSA) is 94.6 Å². The van der Waals surface area contributed by atoms with Crippen LogP contribution >= 0.6 is 0 Å². The third kappa shape index (κ3) is 4.24. The van der Waals surface area contributed by atoms with Crippen LogP contribution in [0.15, 0.2) is 66.7 Å². The van der Waals surface area contributed by atoms with Crippen molar-refractivity contribution in [1.29, 1.82) is 0 Å². The number of hydrogen-bond acceptors (Lipinski definition) is 7. The van der Waals surface area contributed by atoms with E-state index in [9.17, 15) is 4.79 Å². The van der Waals surface area contributed by atoms with E-state index >= 15 is 0 Å². The molecule has 0 radical (unpaired) electrons. The Morgan fingerprint density at radius 1 is 0.781 bits per heavy atom. The molecule has 162 valence electrons. The number of ether oxygens (including phenoxy) is 3. The first-order valence-corrected chi connectivity index (χ1v) is 9.83. The van der Waals surface area contributed by atoms with Gasteiger partial charge in [0.15, 0.2) is 11.5 Å². The average molecular weight is 430 g/mol. The van der Waals surface area contributed by atoms with Crippen molar-refractivity contribution < 1.29 is 19.0 Å². The molecular formula is C24H22N4O4. The summed E-state index contributed by atoms with van der Waals surface area (Å²) in [7, 11) is 4.54. The molecule has 1 heterocycles. The normalized spacial score (nSPS) is 10.5. The van der Waals surface area contributed by atoms with Gasteiger partial charge in [-0.2, -0.15) is 0 Å². The van der Waals surface area contributed by atoms with E-state index in [0.717, 1.165) is 11.1 Å². The van der Waals surface area contributed by atoms with Crippen LogP contribution in [0.25, 0.3) is 10.9 Å². The fourth-order valence-corrected chi connectivity index (χ4v) is 3.27. The predicted octanol–water partition coefficient (Wildman–Crippen LogP) is 4.65. The lowest BCUT2D eigenvalue weighted by Gasteiger charge is -2.15. The van der Waals surface area contributed by atoms with Gasteiger partial charge in [-0.15, -0.1) is 0 Å². The number of benzene rings is 3. The van der Waals surface area contributed by atoms with Crippen LogP contribution < -0.4 is 24.8 Å². The lowest BCUT2D eigenvalue weighted by molar-refractivity contribution is 0.101. The average Bonchev–Trinajstić information content (AvgIpc) is 2.83. The maximum Gasteiger partial charge on any atom is 0.293 e. The molecule has 8 heteroatoms. The van der Waals surface area contributed by atoms with Gasteiger partial charge in [-0.1, -0.05) is 30.3 Å². The summed E-state index contributed by atoms with van der Waals surface area (Å²) in [5.41, 5.74) is 1.96. The number of para-hydroxylation sites is 2. The SMILES string of the molecule is COc1cc(NC(=O)c2nc(Nc3ccccc3)c3ccccc3n2)cc(OC)c1OC. The predicted molar refractivity (Wildman–Crippen MR) is 123 cm³/mol. The smallest absolute Gasteiger partial charge is 0.293 e. The van der Waals surface area contributed by atoms with Crippen LogP contribution in [0.3, 0.4) is 0 Å². The Morgan fingerprint density at radius 3 is 2.09 bits per heavy atom. The van der Waals surface area contributed by atoms with Crippen LogP contribution in [0.5, 0.6) is 17.2 Å². The fourth-order valence-electron chi connectivity index (χ4n) is 3.27. The minimum absolute atomic E-state index is 0.0240. The summed E-state index contributed by atoms with van der Waals surface area (Å²) >= 11 is 0. The molecule has 2 N–H and O–H groups in total. The first-order chi connectivity index (χ1) is 15.6. The van der Waals surface area contributed by atoms with Gasteiger partial charge in [0.25, 0.3) is 5.91 Å². The summed E-state index contributed by atoms with van der Waals surface area (Å²) in [6.45, 7) is 0. The molecule has 0 bridgehead atoms. The molecule has 0 aliphatic heterocycles. The van der Waals surface area contributed by atoms with Gasteiger partial charge in [-0.05, 0) is 24.3 Å². The molecule has 4 rings (SSSR count). The van der Waals surface area contributed by atoms with E-state index in [4.69, 9.17) is 14.2 Å². The highest BCUT2D eigenvalue weighted by molar-refractivity contribution is 6.04. The second-order valence-corrected chi connectivity index (χ2v) is 6.77. The Labute approximate surface area is 185 Å². The van der Waals surface area contributed by atoms with Gasteiger partial charge in [0, 0.05) is 28.9 Å². The lowest BCUT2D eigenvalue weighted by Crippen LogP contribution is -2.17. The molecule has 0 saturated heterocycles. The van der Waals surface area contributed by atoms with Crippen LogP contribution in [-0.4, -0.2) is 37.2 Å². The Bertz CT molecular complexity index is 1240. The highest BCUT2D eigenvalue weighted by Gasteiger charge is 2.18. The molecule has 0 aliphatic carbocycles. The van der Waals surface area contributed by atoms with Gasteiger partial charge in [0.2, 0.25) is 11.6 Å². The zero-order chi connectivity index (χ0) is 22.5. The monoisotopic (exact) mass is 430 g/mol. The van der Waals surface area contributed by atoms with Crippen LogP contribution in [0.2, 0.25) is 0 Å². The second kappa shape index (κ2) is 9.22. The van der Waals surface area contributed by atoms with E-state index in [2.05, 4.69) is 20.6 Å². The molecule has 1 aromatic heterocycles. The number of nitrogens with zero attached hydrogens (tertiary/aromatic N) is 2. The second-order valence-electron chi connectivity index (χ2n) is 6.77. The highest BCUT2D eigenvalue weighted by Crippen LogP contribution is 2.40. The molecule has 0 saturated carbocycles. The van der Waals surface area contributed by atoms with Crippen molar-refractivity contribution in [2.24, 2.45) is 0 Å². The van der Waals surface area contributed by atoms with Crippen LogP contribution in [0.4, 0.5) is 17.2 Å². The molecule has 0 atom stereocenters. The maximum absolute atomic E-state index is 13.0. The largest absolute Gasteiger partial charge is 0.493 e. The Hall–Kier alpha value is -4.33. The quantitative estimate of drug-likeness (QED) is 0.441. The van der Waals surface area contributed by atoms with Gasteiger partial charge in [0.05, 0.1) is 26.8 Å². The third-order valence-electron chi connectivity index (χ3n) is 4.77. The molecule has 8 nitrogen and oxygen atoms in total. The van der Waals surface area contributed by atoms with Gasteiger partial charge >= 0.3 is 0 Å². The van der Waals surface area contributed by atoms with Gasteiger partial charge in [0.1, 0.15) is 5.82 Å². The van der Waals surface area contributed by atoms with Gasteiger partial charge in [-0.3, -0.25) is 4.79 Å². The number of nitrogens with one attached hydrogen (secondary N) is 2. The molecule has 3 aromatic carbocycles. The number of rotatable bonds is 7. The molecule has 0 unspecified atom stereocenters. The minimum atomic E-state index is -0.471. The van der Waals surface area contributed by atoms with Gasteiger partial charge < -0.3 is 24.8 Å². The molecule has 0 fully saturated rings. The number of aromatic nitrogens is 2. The zero-order valence-corrected chi connectivity index (χ0v) is 17.9. The van der Waals surface area contributed by atoms with Crippen molar-refractivity contribution in [1.82, 2.24) is 9.97 Å². The molecule has 0 spiro atoms. The third-order valence-corrected chi connectivity index (χ3v) is 4.77. The maximum atomic E-state index is 13.0. The molecule has 32 heavy (non-hydrogen) atoms. The number of carbonyl (C=O) groups is 1. The van der Waals surface area contributed by atoms with Gasteiger partial charge in [-0.25, -0.2) is 9.97 Å². The minimum Gasteiger partial charge on any atom is -0.493 e. The van der Waals surface area contributed by atoms with Crippen molar-refractivity contribution in [3.05, 3.63) is 72.6 Å². The van der Waals surface area contributed by atoms with Crippen molar-refractivity contribution in [2.45, 2.75) is 0 Å². The summed E-state index contributed by atoms with van der Waals surface area (Å²) < 4.78 is 16.0. The first kappa shape index (κ1) is 20.9. The van der Waals surface area contributed by atoms with E-state index in [1.54, 1.807) is 12.1 Å². The van der Waals surface area contributed by atoms with E-state index < -0.39 is 5.91 Å². The van der Waals surface area contributed by atoms with Crippen molar-refractivity contribution >= 4 is 34.0 Å². The fraction of sp³-hybridized carbons (Fsp3) is 0.125.